The summed E-state index contributed by atoms with van der Waals surface area (Å²) in [6.07, 6.45) is 5.68. The number of likely N-dealkylation sites (N-methyl/N-ethyl adjacent to an activating group) is 1. The Bertz CT molecular complexity index is 191. The van der Waals surface area contributed by atoms with Crippen molar-refractivity contribution in [2.75, 3.05) is 47.0 Å². The van der Waals surface area contributed by atoms with Crippen LogP contribution in [0, 0.1) is 0 Å². The minimum atomic E-state index is 0.0814. The molecule has 0 saturated heterocycles. The lowest BCUT2D eigenvalue weighted by Gasteiger charge is -2.02. The zero-order valence-corrected chi connectivity index (χ0v) is 13.6. The lowest BCUT2D eigenvalue weighted by Crippen LogP contribution is -2.15. The van der Waals surface area contributed by atoms with E-state index in [-0.39, 0.29) is 6.61 Å². The number of nitrogens with one attached hydrogen (secondary N) is 2. The third-order valence-corrected chi connectivity index (χ3v) is 1.88. The van der Waals surface area contributed by atoms with E-state index < -0.39 is 0 Å². The largest absolute Gasteiger partial charge is 0.392 e. The van der Waals surface area contributed by atoms with Crippen molar-refractivity contribution in [3.63, 3.8) is 0 Å². The number of methoxy groups -OCH3 is 1. The summed E-state index contributed by atoms with van der Waals surface area (Å²) in [5, 5.41) is 14.8. The van der Waals surface area contributed by atoms with Crippen LogP contribution < -0.4 is 10.6 Å². The summed E-state index contributed by atoms with van der Waals surface area (Å²) in [6.45, 7) is 11.6. The molecule has 4 heteroatoms. The van der Waals surface area contributed by atoms with Gasteiger partial charge in [0.15, 0.2) is 0 Å². The molecule has 0 rings (SSSR count). The van der Waals surface area contributed by atoms with Gasteiger partial charge >= 0.3 is 0 Å². The topological polar surface area (TPSA) is 53.5 Å². The molecule has 116 valence electrons. The first-order valence-electron chi connectivity index (χ1n) is 7.07. The molecule has 0 aromatic carbocycles. The summed E-state index contributed by atoms with van der Waals surface area (Å²) < 4.78 is 4.88. The van der Waals surface area contributed by atoms with E-state index in [2.05, 4.69) is 24.5 Å². The summed E-state index contributed by atoms with van der Waals surface area (Å²) >= 11 is 0. The molecule has 0 aromatic rings. The maximum absolute atomic E-state index is 8.72. The van der Waals surface area contributed by atoms with Gasteiger partial charge in [-0.15, -0.1) is 0 Å². The normalized spacial score (nSPS) is 10.6. The van der Waals surface area contributed by atoms with Crippen molar-refractivity contribution in [2.24, 2.45) is 0 Å². The number of hydrogen-bond donors (Lipinski definition) is 3. The average molecular weight is 274 g/mol. The Hall–Kier alpha value is -0.680. The van der Waals surface area contributed by atoms with Crippen molar-refractivity contribution >= 4 is 0 Å². The third-order valence-electron chi connectivity index (χ3n) is 1.88. The SMILES string of the molecule is CC.CCNC.CCNCC(/C=C\COC)=C/CO. The average Bonchev–Trinajstić information content (AvgIpc) is 2.47. The monoisotopic (exact) mass is 274 g/mol. The number of ether oxygens (including phenoxy) is 1. The maximum Gasteiger partial charge on any atom is 0.0646 e. The number of aliphatic hydroxyl groups excluding tert-OH is 1. The predicted molar refractivity (Wildman–Crippen MR) is 85.7 cm³/mol. The molecule has 0 unspecified atom stereocenters. The van der Waals surface area contributed by atoms with E-state index >= 15 is 0 Å². The summed E-state index contributed by atoms with van der Waals surface area (Å²) in [4.78, 5) is 0. The molecular formula is C15H34N2O2. The molecule has 3 N–H and O–H groups in total. The molecule has 0 saturated carbocycles. The number of hydrogen-bond acceptors (Lipinski definition) is 4. The van der Waals surface area contributed by atoms with Crippen LogP contribution in [-0.4, -0.2) is 52.1 Å². The van der Waals surface area contributed by atoms with Gasteiger partial charge in [0, 0.05) is 13.7 Å². The molecule has 0 aromatic heterocycles. The minimum absolute atomic E-state index is 0.0814. The first-order valence-corrected chi connectivity index (χ1v) is 7.07. The lowest BCUT2D eigenvalue weighted by atomic mass is 10.2. The highest BCUT2D eigenvalue weighted by Crippen LogP contribution is 1.94. The maximum atomic E-state index is 8.72. The van der Waals surface area contributed by atoms with Crippen molar-refractivity contribution in [2.45, 2.75) is 27.7 Å². The fourth-order valence-corrected chi connectivity index (χ4v) is 0.881. The Kier molecular flexibility index (Phi) is 32.0. The number of rotatable bonds is 8. The fraction of sp³-hybridized carbons (Fsp3) is 0.733. The molecule has 0 atom stereocenters. The Morgan fingerprint density at radius 1 is 1.21 bits per heavy atom. The van der Waals surface area contributed by atoms with Gasteiger partial charge in [-0.3, -0.25) is 0 Å². The predicted octanol–water partition coefficient (Wildman–Crippen LogP) is 1.97. The van der Waals surface area contributed by atoms with E-state index in [1.165, 1.54) is 0 Å². The van der Waals surface area contributed by atoms with Gasteiger partial charge in [0.1, 0.15) is 0 Å². The van der Waals surface area contributed by atoms with Crippen LogP contribution in [0.15, 0.2) is 23.8 Å². The third kappa shape index (κ3) is 26.8. The fourth-order valence-electron chi connectivity index (χ4n) is 0.881. The summed E-state index contributed by atoms with van der Waals surface area (Å²) in [5.74, 6) is 0. The molecule has 19 heavy (non-hydrogen) atoms. The van der Waals surface area contributed by atoms with Gasteiger partial charge in [0.25, 0.3) is 0 Å². The van der Waals surface area contributed by atoms with Crippen molar-refractivity contribution in [3.8, 4) is 0 Å². The Labute approximate surface area is 119 Å². The van der Waals surface area contributed by atoms with Gasteiger partial charge in [0.2, 0.25) is 0 Å². The molecule has 4 nitrogen and oxygen atoms in total. The standard InChI is InChI=1S/C10H19NO2.C3H9N.C2H6/c1-3-11-9-10(6-7-12)5-4-8-13-2;1-3-4-2;1-2/h4-6,11-12H,3,7-9H2,1-2H3;4H,3H2,1-2H3;1-2H3/b5-4-,10-6+;;. The van der Waals surface area contributed by atoms with Gasteiger partial charge in [0.05, 0.1) is 13.2 Å². The van der Waals surface area contributed by atoms with E-state index in [9.17, 15) is 0 Å². The van der Waals surface area contributed by atoms with E-state index in [0.717, 1.165) is 25.2 Å². The van der Waals surface area contributed by atoms with Crippen LogP contribution >= 0.6 is 0 Å². The van der Waals surface area contributed by atoms with Gasteiger partial charge < -0.3 is 20.5 Å². The molecule has 0 aliphatic rings. The van der Waals surface area contributed by atoms with Crippen molar-refractivity contribution in [3.05, 3.63) is 23.8 Å². The summed E-state index contributed by atoms with van der Waals surface area (Å²) in [6, 6.07) is 0. The molecule has 0 heterocycles. The highest BCUT2D eigenvalue weighted by molar-refractivity contribution is 5.20. The quantitative estimate of drug-likeness (QED) is 0.592. The highest BCUT2D eigenvalue weighted by atomic mass is 16.5. The van der Waals surface area contributed by atoms with E-state index in [4.69, 9.17) is 9.84 Å². The second-order valence-corrected chi connectivity index (χ2v) is 3.31. The van der Waals surface area contributed by atoms with Crippen LogP contribution in [0.1, 0.15) is 27.7 Å². The molecular weight excluding hydrogens is 240 g/mol. The summed E-state index contributed by atoms with van der Waals surface area (Å²) in [7, 11) is 3.59. The second-order valence-electron chi connectivity index (χ2n) is 3.31. The van der Waals surface area contributed by atoms with Gasteiger partial charge in [-0.1, -0.05) is 45.9 Å². The van der Waals surface area contributed by atoms with Gasteiger partial charge in [-0.05, 0) is 25.7 Å². The van der Waals surface area contributed by atoms with E-state index in [0.29, 0.717) is 6.61 Å². The van der Waals surface area contributed by atoms with Crippen LogP contribution in [0.3, 0.4) is 0 Å². The van der Waals surface area contributed by atoms with Gasteiger partial charge in [-0.25, -0.2) is 0 Å². The van der Waals surface area contributed by atoms with Gasteiger partial charge in [-0.2, -0.15) is 0 Å². The van der Waals surface area contributed by atoms with Crippen LogP contribution in [-0.2, 0) is 4.74 Å². The molecule has 0 spiro atoms. The van der Waals surface area contributed by atoms with Crippen molar-refractivity contribution in [1.82, 2.24) is 10.6 Å². The van der Waals surface area contributed by atoms with Crippen molar-refractivity contribution < 1.29 is 9.84 Å². The first kappa shape index (κ1) is 23.4. The first-order chi connectivity index (χ1) is 9.26. The summed E-state index contributed by atoms with van der Waals surface area (Å²) in [5.41, 5.74) is 1.08. The Morgan fingerprint density at radius 2 is 1.79 bits per heavy atom. The van der Waals surface area contributed by atoms with Crippen LogP contribution in [0.5, 0.6) is 0 Å². The van der Waals surface area contributed by atoms with Crippen LogP contribution in [0.2, 0.25) is 0 Å². The highest BCUT2D eigenvalue weighted by Gasteiger charge is 1.89. The Balaban J connectivity index is -0.000000361. The molecule has 0 fully saturated rings. The zero-order valence-electron chi connectivity index (χ0n) is 13.6. The van der Waals surface area contributed by atoms with E-state index in [1.807, 2.05) is 33.0 Å². The molecule has 0 aliphatic carbocycles. The Morgan fingerprint density at radius 3 is 2.16 bits per heavy atom. The van der Waals surface area contributed by atoms with E-state index in [1.54, 1.807) is 13.2 Å². The lowest BCUT2D eigenvalue weighted by molar-refractivity contribution is 0.234. The van der Waals surface area contributed by atoms with Crippen LogP contribution in [0.4, 0.5) is 0 Å². The molecule has 0 bridgehead atoms. The second kappa shape index (κ2) is 26.0. The minimum Gasteiger partial charge on any atom is -0.392 e. The van der Waals surface area contributed by atoms with Crippen molar-refractivity contribution in [1.29, 1.82) is 0 Å². The van der Waals surface area contributed by atoms with Crippen LogP contribution in [0.25, 0.3) is 0 Å². The molecule has 0 radical (unpaired) electrons. The molecule has 0 amide bonds. The smallest absolute Gasteiger partial charge is 0.0646 e. The zero-order chi connectivity index (χ0) is 15.4. The number of aliphatic hydroxyl groups is 1. The molecule has 0 aliphatic heterocycles.